The predicted octanol–water partition coefficient (Wildman–Crippen LogP) is 8.01. The molecule has 2 aliphatic heterocycles. The number of aromatic nitrogens is 2. The molecule has 10 heteroatoms. The monoisotopic (exact) mass is 690 g/mol. The molecule has 3 heterocycles. The highest BCUT2D eigenvalue weighted by atomic mass is 32.2. The van der Waals surface area contributed by atoms with Crippen LogP contribution < -0.4 is 21.0 Å². The first-order valence-electron chi connectivity index (χ1n) is 16.5. The van der Waals surface area contributed by atoms with E-state index in [1.54, 1.807) is 23.5 Å². The van der Waals surface area contributed by atoms with E-state index in [0.29, 0.717) is 18.5 Å². The number of hydrogen-bond acceptors (Lipinski definition) is 8. The Labute approximate surface area is 293 Å². The maximum atomic E-state index is 14.3. The van der Waals surface area contributed by atoms with E-state index in [4.69, 9.17) is 4.74 Å². The second-order valence-corrected chi connectivity index (χ2v) is 14.1. The number of aromatic hydroxyl groups is 1. The molecule has 1 N–H and O–H groups in total. The molecule has 0 saturated carbocycles. The van der Waals surface area contributed by atoms with Gasteiger partial charge in [0.1, 0.15) is 10.6 Å². The topological polar surface area (TPSA) is 79.9 Å². The van der Waals surface area contributed by atoms with Crippen molar-refractivity contribution in [3.05, 3.63) is 121 Å². The zero-order chi connectivity index (χ0) is 34.2. The van der Waals surface area contributed by atoms with Crippen molar-refractivity contribution in [2.45, 2.75) is 49.6 Å². The smallest absolute Gasteiger partial charge is 0.333 e. The number of methoxy groups -OCH3 is 1. The molecule has 0 spiro atoms. The average Bonchev–Trinajstić information content (AvgIpc) is 3.64. The van der Waals surface area contributed by atoms with Crippen LogP contribution in [0.2, 0.25) is 0 Å². The SMILES string of the molecule is CCCCn1c(O)c(C(=C=C2Sc3ccc4ccccc4c3N2C)C=C2Sc3ccc4ccccc4c3N2CC)c(=O)n(CCOC)c1=O. The summed E-state index contributed by atoms with van der Waals surface area (Å²) in [7, 11) is 3.54. The number of ether oxygens (including phenoxy) is 1. The third kappa shape index (κ3) is 5.78. The van der Waals surface area contributed by atoms with E-state index in [1.165, 1.54) is 16.2 Å². The van der Waals surface area contributed by atoms with Gasteiger partial charge in [-0.25, -0.2) is 4.79 Å². The van der Waals surface area contributed by atoms with Gasteiger partial charge in [-0.1, -0.05) is 103 Å². The fourth-order valence-corrected chi connectivity index (χ4v) is 8.84. The normalized spacial score (nSPS) is 14.6. The minimum absolute atomic E-state index is 0.0408. The molecule has 0 atom stereocenters. The number of allylic oxidation sites excluding steroid dienone is 2. The summed E-state index contributed by atoms with van der Waals surface area (Å²) in [6.07, 6.45) is 3.42. The van der Waals surface area contributed by atoms with Crippen LogP contribution in [-0.4, -0.2) is 41.5 Å². The lowest BCUT2D eigenvalue weighted by Gasteiger charge is -2.21. The van der Waals surface area contributed by atoms with E-state index < -0.39 is 11.2 Å². The van der Waals surface area contributed by atoms with Gasteiger partial charge in [-0.2, -0.15) is 0 Å². The molecule has 0 radical (unpaired) electrons. The first-order chi connectivity index (χ1) is 23.9. The molecule has 4 aromatic carbocycles. The third-order valence-corrected chi connectivity index (χ3v) is 11.3. The van der Waals surface area contributed by atoms with Crippen LogP contribution in [0.5, 0.6) is 5.88 Å². The molecule has 0 amide bonds. The van der Waals surface area contributed by atoms with Crippen molar-refractivity contribution in [1.82, 2.24) is 9.13 Å². The van der Waals surface area contributed by atoms with Gasteiger partial charge in [-0.3, -0.25) is 13.9 Å². The number of rotatable bonds is 9. The van der Waals surface area contributed by atoms with Crippen molar-refractivity contribution in [3.8, 4) is 5.88 Å². The predicted molar refractivity (Wildman–Crippen MR) is 203 cm³/mol. The number of thioether (sulfide) groups is 2. The second-order valence-electron chi connectivity index (χ2n) is 12.0. The Morgan fingerprint density at radius 1 is 0.857 bits per heavy atom. The van der Waals surface area contributed by atoms with E-state index in [9.17, 15) is 14.7 Å². The summed E-state index contributed by atoms with van der Waals surface area (Å²) in [6, 6.07) is 25.1. The fraction of sp³-hybridized carbons (Fsp3) is 0.256. The number of anilines is 2. The average molecular weight is 691 g/mol. The van der Waals surface area contributed by atoms with Crippen molar-refractivity contribution < 1.29 is 9.84 Å². The van der Waals surface area contributed by atoms with Gasteiger partial charge in [0.05, 0.1) is 29.6 Å². The Bertz CT molecular complexity index is 2330. The molecule has 7 rings (SSSR count). The van der Waals surface area contributed by atoms with E-state index >= 15 is 0 Å². The number of nitrogens with zero attached hydrogens (tertiary/aromatic N) is 4. The molecule has 5 aromatic rings. The van der Waals surface area contributed by atoms with Gasteiger partial charge in [-0.05, 0) is 42.3 Å². The Balaban J connectivity index is 1.50. The van der Waals surface area contributed by atoms with Gasteiger partial charge in [0.15, 0.2) is 0 Å². The van der Waals surface area contributed by atoms with E-state index in [-0.39, 0.29) is 31.1 Å². The molecule has 49 heavy (non-hydrogen) atoms. The van der Waals surface area contributed by atoms with Gasteiger partial charge >= 0.3 is 5.69 Å². The molecule has 0 fully saturated rings. The second kappa shape index (κ2) is 13.7. The third-order valence-electron chi connectivity index (χ3n) is 9.07. The molecule has 0 bridgehead atoms. The van der Waals surface area contributed by atoms with Gasteiger partial charge in [0, 0.05) is 53.4 Å². The van der Waals surface area contributed by atoms with Crippen molar-refractivity contribution in [3.63, 3.8) is 0 Å². The van der Waals surface area contributed by atoms with Gasteiger partial charge in [0.2, 0.25) is 5.88 Å². The first-order valence-corrected chi connectivity index (χ1v) is 18.2. The first kappa shape index (κ1) is 32.9. The quantitative estimate of drug-likeness (QED) is 0.156. The summed E-state index contributed by atoms with van der Waals surface area (Å²) in [4.78, 5) is 34.5. The van der Waals surface area contributed by atoms with Crippen LogP contribution in [0.4, 0.5) is 11.4 Å². The number of hydrogen-bond donors (Lipinski definition) is 1. The number of benzene rings is 4. The van der Waals surface area contributed by atoms with Crippen LogP contribution in [0.3, 0.4) is 0 Å². The lowest BCUT2D eigenvalue weighted by Crippen LogP contribution is -2.42. The maximum Gasteiger partial charge on any atom is 0.333 e. The van der Waals surface area contributed by atoms with E-state index in [0.717, 1.165) is 59.2 Å². The highest BCUT2D eigenvalue weighted by Crippen LogP contribution is 2.51. The van der Waals surface area contributed by atoms with Crippen LogP contribution in [0.25, 0.3) is 27.1 Å². The summed E-state index contributed by atoms with van der Waals surface area (Å²) in [5.74, 6) is -0.348. The number of unbranched alkanes of at least 4 members (excludes halogenated alkanes) is 1. The largest absolute Gasteiger partial charge is 0.494 e. The zero-order valence-corrected chi connectivity index (χ0v) is 29.7. The molecular formula is C39H38N4O4S2. The van der Waals surface area contributed by atoms with Crippen molar-refractivity contribution >= 4 is 62.0 Å². The van der Waals surface area contributed by atoms with Crippen LogP contribution in [-0.2, 0) is 17.8 Å². The Kier molecular flexibility index (Phi) is 9.22. The highest BCUT2D eigenvalue weighted by molar-refractivity contribution is 8.04. The van der Waals surface area contributed by atoms with E-state index in [2.05, 4.69) is 71.0 Å². The molecule has 2 aliphatic rings. The maximum absolute atomic E-state index is 14.3. The Hall–Kier alpha value is -4.60. The molecule has 0 unspecified atom stereocenters. The van der Waals surface area contributed by atoms with Crippen molar-refractivity contribution in [1.29, 1.82) is 0 Å². The summed E-state index contributed by atoms with van der Waals surface area (Å²) >= 11 is 3.19. The lowest BCUT2D eigenvalue weighted by molar-refractivity contribution is 0.183. The lowest BCUT2D eigenvalue weighted by atomic mass is 10.1. The highest BCUT2D eigenvalue weighted by Gasteiger charge is 2.30. The van der Waals surface area contributed by atoms with Crippen molar-refractivity contribution in [2.24, 2.45) is 0 Å². The standard InChI is InChI=1S/C39H38N4O4S2/c1-5-7-20-42-37(44)34(38(45)43(39(42)46)21-22-47-4)27(23-32-40(3)35-28-14-10-8-12-25(28)16-18-30(35)48-32)24-33-41(6-2)36-29-15-11-9-13-26(29)17-19-31(36)49-33/h8-19,24,44H,5-7,20-22H2,1-4H3. The summed E-state index contributed by atoms with van der Waals surface area (Å²) in [5, 5.41) is 18.1. The Morgan fingerprint density at radius 2 is 1.51 bits per heavy atom. The minimum atomic E-state index is -0.574. The van der Waals surface area contributed by atoms with E-state index in [1.807, 2.05) is 44.3 Å². The van der Waals surface area contributed by atoms with Crippen LogP contribution in [0, 0.1) is 0 Å². The van der Waals surface area contributed by atoms with Crippen LogP contribution in [0.15, 0.2) is 114 Å². The molecule has 250 valence electrons. The molecule has 0 saturated heterocycles. The van der Waals surface area contributed by atoms with Gasteiger partial charge in [-0.15, -0.1) is 0 Å². The van der Waals surface area contributed by atoms with Crippen LogP contribution in [0.1, 0.15) is 32.3 Å². The molecule has 8 nitrogen and oxygen atoms in total. The van der Waals surface area contributed by atoms with Crippen LogP contribution >= 0.6 is 23.5 Å². The van der Waals surface area contributed by atoms with Gasteiger partial charge in [0.25, 0.3) is 5.56 Å². The summed E-state index contributed by atoms with van der Waals surface area (Å²) in [6.45, 7) is 5.34. The summed E-state index contributed by atoms with van der Waals surface area (Å²) < 4.78 is 7.77. The minimum Gasteiger partial charge on any atom is -0.494 e. The molecule has 0 aliphatic carbocycles. The zero-order valence-electron chi connectivity index (χ0n) is 28.0. The van der Waals surface area contributed by atoms with Gasteiger partial charge < -0.3 is 19.6 Å². The number of fused-ring (bicyclic) bond motifs is 6. The molecule has 1 aromatic heterocycles. The summed E-state index contributed by atoms with van der Waals surface area (Å²) in [5.41, 5.74) is 5.09. The Morgan fingerprint density at radius 3 is 2.16 bits per heavy atom. The fourth-order valence-electron chi connectivity index (χ4n) is 6.57. The molecular weight excluding hydrogens is 653 g/mol. The van der Waals surface area contributed by atoms with Crippen molar-refractivity contribution in [2.75, 3.05) is 37.1 Å².